The summed E-state index contributed by atoms with van der Waals surface area (Å²) in [5.74, 6) is 5.96. The van der Waals surface area contributed by atoms with Crippen molar-refractivity contribution in [3.8, 4) is 17.7 Å². The number of nitrogens with one attached hydrogen (secondary N) is 1. The van der Waals surface area contributed by atoms with Gasteiger partial charge in [-0.2, -0.15) is 0 Å². The van der Waals surface area contributed by atoms with Crippen LogP contribution in [0.3, 0.4) is 0 Å². The van der Waals surface area contributed by atoms with E-state index in [0.717, 1.165) is 16.8 Å². The van der Waals surface area contributed by atoms with E-state index in [2.05, 4.69) is 22.1 Å². The second-order valence-corrected chi connectivity index (χ2v) is 4.98. The zero-order chi connectivity index (χ0) is 16.5. The van der Waals surface area contributed by atoms with Gasteiger partial charge in [-0.3, -0.25) is 4.39 Å². The van der Waals surface area contributed by atoms with Crippen molar-refractivity contribution in [1.82, 2.24) is 4.98 Å². The monoisotopic (exact) mass is 313 g/mol. The van der Waals surface area contributed by atoms with Gasteiger partial charge in [-0.1, -0.05) is 11.8 Å². The second kappa shape index (κ2) is 8.76. The van der Waals surface area contributed by atoms with E-state index in [-0.39, 0.29) is 13.2 Å². The molecule has 0 saturated carbocycles. The maximum Gasteiger partial charge on any atom is 0.213 e. The summed E-state index contributed by atoms with van der Waals surface area (Å²) < 4.78 is 17.8. The molecule has 1 aromatic heterocycles. The predicted octanol–water partition coefficient (Wildman–Crippen LogP) is 2.48. The van der Waals surface area contributed by atoms with Gasteiger partial charge in [0.1, 0.15) is 0 Å². The fraction of sp³-hybridized carbons (Fsp3) is 0.278. The van der Waals surface area contributed by atoms with Gasteiger partial charge in [0.15, 0.2) is 0 Å². The van der Waals surface area contributed by atoms with Crippen molar-refractivity contribution >= 4 is 5.69 Å². The fourth-order valence-electron chi connectivity index (χ4n) is 1.75. The van der Waals surface area contributed by atoms with Crippen LogP contribution in [0.2, 0.25) is 0 Å². The number of benzene rings is 1. The molecule has 0 saturated heterocycles. The molecule has 1 aromatic carbocycles. The Kier molecular flexibility index (Phi) is 6.40. The summed E-state index contributed by atoms with van der Waals surface area (Å²) in [4.78, 5) is 4.12. The van der Waals surface area contributed by atoms with E-state index in [4.69, 9.17) is 9.84 Å². The molecule has 5 heteroatoms. The largest absolute Gasteiger partial charge is 0.477 e. The first-order chi connectivity index (χ1) is 11.2. The number of hydrogen-bond acceptors (Lipinski definition) is 4. The van der Waals surface area contributed by atoms with Crippen LogP contribution in [-0.4, -0.2) is 37.0 Å². The van der Waals surface area contributed by atoms with Crippen molar-refractivity contribution in [3.63, 3.8) is 0 Å². The average molecular weight is 313 g/mol. The highest BCUT2D eigenvalue weighted by Crippen LogP contribution is 2.10. The number of halogens is 1. The summed E-state index contributed by atoms with van der Waals surface area (Å²) >= 11 is 0. The highest BCUT2D eigenvalue weighted by molar-refractivity contribution is 5.49. The average Bonchev–Trinajstić information content (AvgIpc) is 2.62. The molecule has 0 bridgehead atoms. The number of pyridine rings is 1. The SMILES string of the molecule is CNc1ccc(C#Cc2ccc(OCC(CO)C[18F])nc2)cc1. The molecule has 1 unspecified atom stereocenters. The molecule has 0 aliphatic heterocycles. The maximum atomic E-state index is 12.5. The van der Waals surface area contributed by atoms with Crippen molar-refractivity contribution in [2.45, 2.75) is 0 Å². The van der Waals surface area contributed by atoms with Crippen LogP contribution in [-0.2, 0) is 0 Å². The van der Waals surface area contributed by atoms with Gasteiger partial charge in [0, 0.05) is 42.0 Å². The maximum absolute atomic E-state index is 12.5. The van der Waals surface area contributed by atoms with Gasteiger partial charge >= 0.3 is 0 Å². The van der Waals surface area contributed by atoms with Crippen LogP contribution in [0.5, 0.6) is 5.88 Å². The van der Waals surface area contributed by atoms with E-state index < -0.39 is 12.6 Å². The molecule has 0 spiro atoms. The molecule has 2 N–H and O–H groups in total. The molecular formula is C18H19FN2O2. The second-order valence-electron chi connectivity index (χ2n) is 4.98. The summed E-state index contributed by atoms with van der Waals surface area (Å²) in [5.41, 5.74) is 2.71. The van der Waals surface area contributed by atoms with Crippen LogP contribution in [0.4, 0.5) is 10.1 Å². The smallest absolute Gasteiger partial charge is 0.213 e. The fourth-order valence-corrected chi connectivity index (χ4v) is 1.75. The minimum atomic E-state index is -0.619. The standard InChI is InChI=1S/C18H19FN2O2/c1-20-17-7-4-14(5-8-17)2-3-15-6-9-18(21-11-15)23-13-16(10-19)12-22/h4-9,11,16,20,22H,10,12-13H2,1H3/i19-1. The van der Waals surface area contributed by atoms with E-state index in [1.807, 2.05) is 31.3 Å². The number of rotatable bonds is 6. The number of nitrogens with zero attached hydrogens (tertiary/aromatic N) is 1. The molecule has 0 aliphatic carbocycles. The first-order valence-electron chi connectivity index (χ1n) is 7.30. The highest BCUT2D eigenvalue weighted by atomic mass is 18.2. The molecule has 1 atom stereocenters. The Morgan fingerprint density at radius 3 is 2.43 bits per heavy atom. The van der Waals surface area contributed by atoms with Gasteiger partial charge in [0.05, 0.1) is 19.9 Å². The summed E-state index contributed by atoms with van der Waals surface area (Å²) in [5, 5.41) is 11.9. The lowest BCUT2D eigenvalue weighted by Gasteiger charge is -2.10. The van der Waals surface area contributed by atoms with E-state index in [9.17, 15) is 4.39 Å². The lowest BCUT2D eigenvalue weighted by atomic mass is 10.2. The summed E-state index contributed by atoms with van der Waals surface area (Å²) in [6.07, 6.45) is 1.60. The Bertz CT molecular complexity index is 656. The van der Waals surface area contributed by atoms with Crippen molar-refractivity contribution < 1.29 is 14.2 Å². The normalized spacial score (nSPS) is 11.3. The van der Waals surface area contributed by atoms with Gasteiger partial charge in [-0.25, -0.2) is 4.98 Å². The van der Waals surface area contributed by atoms with Crippen LogP contribution in [0.1, 0.15) is 11.1 Å². The molecule has 120 valence electrons. The van der Waals surface area contributed by atoms with Crippen LogP contribution < -0.4 is 10.1 Å². The number of anilines is 1. The van der Waals surface area contributed by atoms with Crippen LogP contribution in [0, 0.1) is 17.8 Å². The Morgan fingerprint density at radius 2 is 1.87 bits per heavy atom. The third kappa shape index (κ3) is 5.28. The van der Waals surface area contributed by atoms with Crippen molar-refractivity contribution in [2.75, 3.05) is 32.3 Å². The molecule has 0 radical (unpaired) electrons. The minimum absolute atomic E-state index is 0.100. The van der Waals surface area contributed by atoms with Gasteiger partial charge in [-0.05, 0) is 30.3 Å². The quantitative estimate of drug-likeness (QED) is 0.805. The molecule has 2 rings (SSSR count). The predicted molar refractivity (Wildman–Crippen MR) is 88.3 cm³/mol. The molecule has 23 heavy (non-hydrogen) atoms. The topological polar surface area (TPSA) is 54.4 Å². The van der Waals surface area contributed by atoms with E-state index in [1.165, 1.54) is 0 Å². The zero-order valence-corrected chi connectivity index (χ0v) is 12.9. The lowest BCUT2D eigenvalue weighted by Crippen LogP contribution is -2.18. The molecule has 0 aliphatic rings. The molecular weight excluding hydrogens is 294 g/mol. The first kappa shape index (κ1) is 16.8. The van der Waals surface area contributed by atoms with Crippen LogP contribution in [0.25, 0.3) is 0 Å². The Morgan fingerprint density at radius 1 is 1.17 bits per heavy atom. The number of alkyl halides is 1. The van der Waals surface area contributed by atoms with E-state index in [0.29, 0.717) is 5.88 Å². The van der Waals surface area contributed by atoms with Crippen molar-refractivity contribution in [2.24, 2.45) is 5.92 Å². The molecule has 4 nitrogen and oxygen atoms in total. The highest BCUT2D eigenvalue weighted by Gasteiger charge is 2.08. The number of aliphatic hydroxyl groups excluding tert-OH is 1. The minimum Gasteiger partial charge on any atom is -0.477 e. The van der Waals surface area contributed by atoms with Gasteiger partial charge in [-0.15, -0.1) is 0 Å². The third-order valence-corrected chi connectivity index (χ3v) is 3.20. The van der Waals surface area contributed by atoms with Crippen LogP contribution >= 0.6 is 0 Å². The molecule has 1 heterocycles. The number of aliphatic hydroxyl groups is 1. The zero-order valence-electron chi connectivity index (χ0n) is 12.9. The van der Waals surface area contributed by atoms with Gasteiger partial charge < -0.3 is 15.2 Å². The Labute approximate surface area is 135 Å². The van der Waals surface area contributed by atoms with Gasteiger partial charge in [0.2, 0.25) is 5.88 Å². The summed E-state index contributed by atoms with van der Waals surface area (Å²) in [6.45, 7) is -0.762. The molecule has 0 fully saturated rings. The number of ether oxygens (including phenoxy) is 1. The van der Waals surface area contributed by atoms with E-state index in [1.54, 1.807) is 18.3 Å². The lowest BCUT2D eigenvalue weighted by molar-refractivity contribution is 0.137. The first-order valence-corrected chi connectivity index (χ1v) is 7.30. The van der Waals surface area contributed by atoms with Crippen LogP contribution in [0.15, 0.2) is 42.6 Å². The Hall–Kier alpha value is -2.58. The Balaban J connectivity index is 1.95. The van der Waals surface area contributed by atoms with E-state index >= 15 is 0 Å². The number of aromatic nitrogens is 1. The van der Waals surface area contributed by atoms with Gasteiger partial charge in [0.25, 0.3) is 0 Å². The summed E-state index contributed by atoms with van der Waals surface area (Å²) in [7, 11) is 1.87. The third-order valence-electron chi connectivity index (χ3n) is 3.20. The summed E-state index contributed by atoms with van der Waals surface area (Å²) in [6, 6.07) is 11.3. The van der Waals surface area contributed by atoms with Crippen molar-refractivity contribution in [1.29, 1.82) is 0 Å². The number of hydrogen-bond donors (Lipinski definition) is 2. The van der Waals surface area contributed by atoms with Crippen molar-refractivity contribution in [3.05, 3.63) is 53.7 Å². The molecule has 0 amide bonds. The molecule has 2 aromatic rings.